The maximum absolute atomic E-state index is 13.9. The van der Waals surface area contributed by atoms with E-state index in [9.17, 15) is 9.59 Å². The Kier molecular flexibility index (Phi) is 11.3. The Hall–Kier alpha value is -3.89. The van der Waals surface area contributed by atoms with Gasteiger partial charge in [-0.1, -0.05) is 37.6 Å². The molecule has 0 saturated carbocycles. The maximum atomic E-state index is 13.9. The van der Waals surface area contributed by atoms with Gasteiger partial charge in [-0.15, -0.1) is 0 Å². The molecule has 0 radical (unpaired) electrons. The van der Waals surface area contributed by atoms with Crippen LogP contribution < -0.4 is 19.8 Å². The van der Waals surface area contributed by atoms with Crippen molar-refractivity contribution >= 4 is 50.6 Å². The molecular formula is C34H37BrClN3O6. The van der Waals surface area contributed by atoms with Crippen LogP contribution in [0.3, 0.4) is 0 Å². The summed E-state index contributed by atoms with van der Waals surface area (Å²) in [5.74, 6) is 1.30. The van der Waals surface area contributed by atoms with Crippen LogP contribution in [0, 0.1) is 6.92 Å². The summed E-state index contributed by atoms with van der Waals surface area (Å²) in [6.45, 7) is 14.3. The van der Waals surface area contributed by atoms with E-state index in [-0.39, 0.29) is 28.9 Å². The van der Waals surface area contributed by atoms with Crippen LogP contribution in [0.15, 0.2) is 56.8 Å². The highest BCUT2D eigenvalue weighted by Gasteiger charge is 2.24. The molecule has 1 atom stereocenters. The topological polar surface area (TPSA) is 101 Å². The molecule has 0 aliphatic carbocycles. The molecule has 1 aromatic heterocycles. The summed E-state index contributed by atoms with van der Waals surface area (Å²) >= 11 is 10.3. The Morgan fingerprint density at radius 3 is 2.40 bits per heavy atom. The number of nitrogens with zero attached hydrogens (tertiary/aromatic N) is 3. The fraction of sp³-hybridized carbons (Fsp3) is 0.353. The van der Waals surface area contributed by atoms with Crippen LogP contribution in [0.2, 0.25) is 5.02 Å². The van der Waals surface area contributed by atoms with Crippen LogP contribution in [0.5, 0.6) is 17.2 Å². The van der Waals surface area contributed by atoms with E-state index >= 15 is 0 Å². The third-order valence-electron chi connectivity index (χ3n) is 6.95. The molecule has 0 aliphatic rings. The van der Waals surface area contributed by atoms with Crippen LogP contribution in [0.4, 0.5) is 0 Å². The van der Waals surface area contributed by atoms with Crippen molar-refractivity contribution in [1.82, 2.24) is 9.66 Å². The normalized spacial score (nSPS) is 12.1. The Morgan fingerprint density at radius 1 is 1.04 bits per heavy atom. The van der Waals surface area contributed by atoms with E-state index in [2.05, 4.69) is 34.9 Å². The lowest BCUT2D eigenvalue weighted by atomic mass is 9.96. The summed E-state index contributed by atoms with van der Waals surface area (Å²) in [5.41, 5.74) is 3.38. The summed E-state index contributed by atoms with van der Waals surface area (Å²) < 4.78 is 24.4. The van der Waals surface area contributed by atoms with Crippen LogP contribution >= 0.6 is 27.5 Å². The molecule has 0 N–H and O–H groups in total. The van der Waals surface area contributed by atoms with E-state index < -0.39 is 12.1 Å². The van der Waals surface area contributed by atoms with Gasteiger partial charge in [0.05, 0.1) is 36.9 Å². The lowest BCUT2D eigenvalue weighted by Gasteiger charge is -2.19. The van der Waals surface area contributed by atoms with E-state index in [1.807, 2.05) is 45.0 Å². The number of rotatable bonds is 12. The smallest absolute Gasteiger partial charge is 0.347 e. The molecule has 11 heteroatoms. The quantitative estimate of drug-likeness (QED) is 0.109. The molecule has 0 aliphatic heterocycles. The standard InChI is InChI=1S/C34H37BrClN3O6/c1-8-42-27-15-20(6)25(17-24(27)19(4)5)32-38-26-14-12-11-13-23(26)33(40)39(32)37-18-22-16-28(43-9-2)31(30(36)29(22)35)45-21(7)34(41)44-10-3/h11-19,21H,8-10H2,1-7H3/t21-/m1/s1. The van der Waals surface area contributed by atoms with E-state index in [1.54, 1.807) is 32.0 Å². The third-order valence-corrected chi connectivity index (χ3v) is 8.40. The fourth-order valence-electron chi connectivity index (χ4n) is 4.75. The van der Waals surface area contributed by atoms with Crippen molar-refractivity contribution in [3.8, 4) is 28.6 Å². The molecule has 0 unspecified atom stereocenters. The van der Waals surface area contributed by atoms with E-state index in [1.165, 1.54) is 10.9 Å². The molecule has 0 amide bonds. The minimum Gasteiger partial charge on any atom is -0.494 e. The number of ether oxygens (including phenoxy) is 4. The molecule has 0 saturated heterocycles. The lowest BCUT2D eigenvalue weighted by molar-refractivity contribution is -0.150. The fourth-order valence-corrected chi connectivity index (χ4v) is 5.40. The van der Waals surface area contributed by atoms with E-state index in [0.717, 1.165) is 22.4 Å². The van der Waals surface area contributed by atoms with E-state index in [0.29, 0.717) is 45.7 Å². The highest BCUT2D eigenvalue weighted by atomic mass is 79.9. The number of carbonyl (C=O) groups excluding carboxylic acids is 1. The second-order valence-corrected chi connectivity index (χ2v) is 11.6. The number of hydrogen-bond acceptors (Lipinski definition) is 8. The molecule has 9 nitrogen and oxygen atoms in total. The molecule has 0 fully saturated rings. The van der Waals surface area contributed by atoms with Gasteiger partial charge in [0.1, 0.15) is 10.8 Å². The predicted octanol–water partition coefficient (Wildman–Crippen LogP) is 7.92. The Balaban J connectivity index is 1.90. The minimum atomic E-state index is -0.925. The number of carbonyl (C=O) groups is 1. The first-order valence-electron chi connectivity index (χ1n) is 14.8. The number of aryl methyl sites for hydroxylation is 1. The number of halogens is 2. The van der Waals surface area contributed by atoms with Gasteiger partial charge in [0.15, 0.2) is 23.4 Å². The molecule has 1 heterocycles. The predicted molar refractivity (Wildman–Crippen MR) is 181 cm³/mol. The van der Waals surface area contributed by atoms with Crippen molar-refractivity contribution in [2.45, 2.75) is 60.5 Å². The van der Waals surface area contributed by atoms with Gasteiger partial charge in [-0.25, -0.2) is 9.78 Å². The third kappa shape index (κ3) is 7.34. The average molecular weight is 699 g/mol. The van der Waals surface area contributed by atoms with Gasteiger partial charge in [-0.05, 0) is 97.9 Å². The van der Waals surface area contributed by atoms with Crippen LogP contribution in [-0.4, -0.2) is 47.8 Å². The van der Waals surface area contributed by atoms with Gasteiger partial charge < -0.3 is 18.9 Å². The monoisotopic (exact) mass is 697 g/mol. The second kappa shape index (κ2) is 14.9. The van der Waals surface area contributed by atoms with Gasteiger partial charge in [-0.2, -0.15) is 9.78 Å². The molecule has 4 aromatic rings. The lowest BCUT2D eigenvalue weighted by Crippen LogP contribution is -2.26. The summed E-state index contributed by atoms with van der Waals surface area (Å²) in [7, 11) is 0. The van der Waals surface area contributed by atoms with Crippen molar-refractivity contribution < 1.29 is 23.7 Å². The van der Waals surface area contributed by atoms with Crippen molar-refractivity contribution in [2.24, 2.45) is 5.10 Å². The van der Waals surface area contributed by atoms with Crippen molar-refractivity contribution in [3.05, 3.63) is 79.0 Å². The number of para-hydroxylation sites is 1. The van der Waals surface area contributed by atoms with Gasteiger partial charge in [0.2, 0.25) is 0 Å². The maximum Gasteiger partial charge on any atom is 0.347 e. The van der Waals surface area contributed by atoms with Crippen LogP contribution in [0.1, 0.15) is 64.2 Å². The second-order valence-electron chi connectivity index (χ2n) is 10.5. The van der Waals surface area contributed by atoms with Crippen LogP contribution in [0.25, 0.3) is 22.3 Å². The summed E-state index contributed by atoms with van der Waals surface area (Å²) in [5, 5.41) is 5.25. The Bertz CT molecular complexity index is 1800. The molecule has 45 heavy (non-hydrogen) atoms. The number of esters is 1. The Labute approximate surface area is 276 Å². The largest absolute Gasteiger partial charge is 0.494 e. The van der Waals surface area contributed by atoms with E-state index in [4.69, 9.17) is 35.5 Å². The van der Waals surface area contributed by atoms with Gasteiger partial charge >= 0.3 is 5.97 Å². The number of aromatic nitrogens is 2. The summed E-state index contributed by atoms with van der Waals surface area (Å²) in [4.78, 5) is 31.1. The zero-order chi connectivity index (χ0) is 32.8. The van der Waals surface area contributed by atoms with Gasteiger partial charge in [-0.3, -0.25) is 4.79 Å². The zero-order valence-corrected chi connectivity index (χ0v) is 28.8. The first-order chi connectivity index (χ1) is 21.5. The van der Waals surface area contributed by atoms with Crippen molar-refractivity contribution in [2.75, 3.05) is 19.8 Å². The average Bonchev–Trinajstić information content (AvgIpc) is 3.01. The molecular weight excluding hydrogens is 662 g/mol. The summed E-state index contributed by atoms with van der Waals surface area (Å²) in [6, 6.07) is 12.8. The van der Waals surface area contributed by atoms with Gasteiger partial charge in [0, 0.05) is 15.6 Å². The summed E-state index contributed by atoms with van der Waals surface area (Å²) in [6.07, 6.45) is 0.581. The highest BCUT2D eigenvalue weighted by molar-refractivity contribution is 9.10. The molecule has 0 spiro atoms. The molecule has 3 aromatic carbocycles. The van der Waals surface area contributed by atoms with Crippen molar-refractivity contribution in [3.63, 3.8) is 0 Å². The van der Waals surface area contributed by atoms with Gasteiger partial charge in [0.25, 0.3) is 5.56 Å². The minimum absolute atomic E-state index is 0.164. The number of hydrogen-bond donors (Lipinski definition) is 0. The SMILES string of the molecule is CCOC(=O)[C@@H](C)Oc1c(OCC)cc(C=Nn2c(-c3cc(C(C)C)c(OCC)cc3C)nc3ccccc3c2=O)c(Br)c1Cl. The first kappa shape index (κ1) is 34.0. The molecule has 238 valence electrons. The molecule has 4 rings (SSSR count). The first-order valence-corrected chi connectivity index (χ1v) is 16.0. The van der Waals surface area contributed by atoms with Crippen LogP contribution in [-0.2, 0) is 9.53 Å². The van der Waals surface area contributed by atoms with Crippen molar-refractivity contribution in [1.29, 1.82) is 0 Å². The number of fused-ring (bicyclic) bond motifs is 1. The Morgan fingerprint density at radius 2 is 1.73 bits per heavy atom. The highest BCUT2D eigenvalue weighted by Crippen LogP contribution is 2.43. The number of benzene rings is 3. The zero-order valence-electron chi connectivity index (χ0n) is 26.4. The molecule has 0 bridgehead atoms.